The van der Waals surface area contributed by atoms with Crippen LogP contribution in [0.5, 0.6) is 0 Å². The number of nitrogens with one attached hydrogen (secondary N) is 1. The maximum atomic E-state index is 13.5. The van der Waals surface area contributed by atoms with Gasteiger partial charge in [-0.15, -0.1) is 0 Å². The van der Waals surface area contributed by atoms with Gasteiger partial charge in [0.25, 0.3) is 0 Å². The molecular formula is C33H32NOPS. The van der Waals surface area contributed by atoms with E-state index in [9.17, 15) is 4.21 Å². The third-order valence-corrected chi connectivity index (χ3v) is 10.5. The predicted molar refractivity (Wildman–Crippen MR) is 162 cm³/mol. The first-order valence-corrected chi connectivity index (χ1v) is 15.1. The van der Waals surface area contributed by atoms with Crippen molar-refractivity contribution in [1.82, 2.24) is 4.72 Å². The lowest BCUT2D eigenvalue weighted by Crippen LogP contribution is -2.38. The minimum Gasteiger partial charge on any atom is -0.242 e. The third-order valence-electron chi connectivity index (χ3n) is 6.41. The van der Waals surface area contributed by atoms with Crippen LogP contribution in [0.4, 0.5) is 0 Å². The summed E-state index contributed by atoms with van der Waals surface area (Å²) in [4.78, 5) is 0. The lowest BCUT2D eigenvalue weighted by atomic mass is 9.97. The number of hydrogen-bond donors (Lipinski definition) is 1. The van der Waals surface area contributed by atoms with E-state index in [0.717, 1.165) is 11.1 Å². The molecule has 0 spiro atoms. The van der Waals surface area contributed by atoms with Crippen LogP contribution in [0, 0.1) is 0 Å². The van der Waals surface area contributed by atoms with Gasteiger partial charge in [0.05, 0.1) is 21.8 Å². The molecule has 4 heteroatoms. The average Bonchev–Trinajstić information content (AvgIpc) is 2.92. The first-order chi connectivity index (χ1) is 17.9. The van der Waals surface area contributed by atoms with Gasteiger partial charge in [0, 0.05) is 0 Å². The first-order valence-electron chi connectivity index (χ1n) is 12.6. The van der Waals surface area contributed by atoms with Gasteiger partial charge in [-0.05, 0) is 72.6 Å². The highest BCUT2D eigenvalue weighted by Crippen LogP contribution is 2.37. The van der Waals surface area contributed by atoms with Crippen LogP contribution in [-0.2, 0) is 11.0 Å². The topological polar surface area (TPSA) is 29.1 Å². The van der Waals surface area contributed by atoms with Gasteiger partial charge in [-0.3, -0.25) is 0 Å². The van der Waals surface area contributed by atoms with Crippen LogP contribution in [0.25, 0.3) is 10.8 Å². The molecule has 2 nitrogen and oxygen atoms in total. The molecule has 0 aliphatic rings. The fraction of sp³-hybridized carbons (Fsp3) is 0.152. The van der Waals surface area contributed by atoms with Crippen LogP contribution < -0.4 is 20.6 Å². The fourth-order valence-electron chi connectivity index (χ4n) is 4.50. The molecule has 0 aromatic heterocycles. The molecule has 0 aliphatic carbocycles. The van der Waals surface area contributed by atoms with Gasteiger partial charge < -0.3 is 0 Å². The number of hydrogen-bond acceptors (Lipinski definition) is 1. The molecule has 186 valence electrons. The summed E-state index contributed by atoms with van der Waals surface area (Å²) in [7, 11) is -2.07. The second-order valence-electron chi connectivity index (χ2n) is 10.1. The zero-order valence-corrected chi connectivity index (χ0v) is 23.2. The highest BCUT2D eigenvalue weighted by molar-refractivity contribution is 7.84. The van der Waals surface area contributed by atoms with E-state index in [0.29, 0.717) is 0 Å². The Kier molecular flexibility index (Phi) is 7.67. The molecule has 0 radical (unpaired) electrons. The van der Waals surface area contributed by atoms with Crippen LogP contribution in [0.3, 0.4) is 0 Å². The van der Waals surface area contributed by atoms with Crippen molar-refractivity contribution in [3.63, 3.8) is 0 Å². The van der Waals surface area contributed by atoms with Crippen LogP contribution in [0.1, 0.15) is 37.9 Å². The molecule has 0 bridgehead atoms. The summed E-state index contributed by atoms with van der Waals surface area (Å²) in [6.07, 6.45) is 0. The summed E-state index contributed by atoms with van der Waals surface area (Å²) in [6, 6.07) is 44.9. The summed E-state index contributed by atoms with van der Waals surface area (Å²) in [6.45, 7) is 6.04. The molecule has 5 aromatic rings. The molecule has 1 unspecified atom stereocenters. The molecule has 0 saturated heterocycles. The summed E-state index contributed by atoms with van der Waals surface area (Å²) in [5.41, 5.74) is 2.27. The van der Waals surface area contributed by atoms with Crippen molar-refractivity contribution in [2.75, 3.05) is 0 Å². The third kappa shape index (κ3) is 5.75. The van der Waals surface area contributed by atoms with Crippen molar-refractivity contribution in [3.8, 4) is 0 Å². The monoisotopic (exact) mass is 521 g/mol. The van der Waals surface area contributed by atoms with Crippen molar-refractivity contribution >= 4 is 45.6 Å². The molecule has 0 fully saturated rings. The summed E-state index contributed by atoms with van der Waals surface area (Å²) >= 11 is 0. The van der Waals surface area contributed by atoms with Crippen molar-refractivity contribution in [2.24, 2.45) is 0 Å². The minimum atomic E-state index is -1.26. The zero-order valence-electron chi connectivity index (χ0n) is 21.5. The van der Waals surface area contributed by atoms with Gasteiger partial charge in [-0.25, -0.2) is 8.93 Å². The van der Waals surface area contributed by atoms with E-state index in [4.69, 9.17) is 0 Å². The highest BCUT2D eigenvalue weighted by Gasteiger charge is 2.28. The fourth-order valence-corrected chi connectivity index (χ4v) is 7.82. The van der Waals surface area contributed by atoms with E-state index < -0.39 is 23.7 Å². The van der Waals surface area contributed by atoms with E-state index in [1.807, 2.05) is 20.8 Å². The van der Waals surface area contributed by atoms with E-state index >= 15 is 0 Å². The molecule has 0 amide bonds. The number of rotatable bonds is 7. The van der Waals surface area contributed by atoms with Crippen LogP contribution in [-0.4, -0.2) is 8.96 Å². The second-order valence-corrected chi connectivity index (χ2v) is 14.3. The summed E-state index contributed by atoms with van der Waals surface area (Å²) in [5.74, 6) is 0. The standard InChI is InChI=1S/C33H32NOPS/c1-33(2,3)37(35)34-32(27-23-22-25-14-10-11-15-26(25)24-27)30-20-12-13-21-31(30)36(28-16-6-4-7-17-28)29-18-8-5-9-19-29/h4-24,32,34H,1-3H3/t32-,37?/m1/s1. The van der Waals surface area contributed by atoms with Crippen LogP contribution >= 0.6 is 7.92 Å². The lowest BCUT2D eigenvalue weighted by molar-refractivity contribution is 0.624. The van der Waals surface area contributed by atoms with Gasteiger partial charge in [-0.1, -0.05) is 121 Å². The average molecular weight is 522 g/mol. The molecule has 0 saturated carbocycles. The van der Waals surface area contributed by atoms with Crippen molar-refractivity contribution in [1.29, 1.82) is 0 Å². The van der Waals surface area contributed by atoms with Gasteiger partial charge >= 0.3 is 0 Å². The van der Waals surface area contributed by atoms with E-state index in [1.54, 1.807) is 0 Å². The van der Waals surface area contributed by atoms with E-state index in [-0.39, 0.29) is 6.04 Å². The molecule has 5 rings (SSSR count). The Bertz CT molecular complexity index is 1470. The van der Waals surface area contributed by atoms with Gasteiger partial charge in [0.1, 0.15) is 0 Å². The molecular weight excluding hydrogens is 489 g/mol. The Morgan fingerprint density at radius 3 is 1.81 bits per heavy atom. The van der Waals surface area contributed by atoms with Crippen molar-refractivity contribution in [3.05, 3.63) is 139 Å². The molecule has 0 heterocycles. The summed E-state index contributed by atoms with van der Waals surface area (Å²) < 4.78 is 16.7. The molecule has 37 heavy (non-hydrogen) atoms. The maximum absolute atomic E-state index is 13.5. The van der Waals surface area contributed by atoms with E-state index in [1.165, 1.54) is 26.7 Å². The Balaban J connectivity index is 1.71. The smallest absolute Gasteiger partial charge is 0.0979 e. The Hall–Kier alpha value is -3.10. The quantitative estimate of drug-likeness (QED) is 0.236. The molecule has 5 aromatic carbocycles. The Labute approximate surface area is 224 Å². The highest BCUT2D eigenvalue weighted by atomic mass is 32.2. The zero-order chi connectivity index (χ0) is 25.8. The van der Waals surface area contributed by atoms with Gasteiger partial charge in [0.2, 0.25) is 0 Å². The normalized spacial score (nSPS) is 13.5. The Morgan fingerprint density at radius 1 is 0.649 bits per heavy atom. The van der Waals surface area contributed by atoms with Gasteiger partial charge in [0.15, 0.2) is 0 Å². The molecule has 0 aliphatic heterocycles. The van der Waals surface area contributed by atoms with Crippen molar-refractivity contribution in [2.45, 2.75) is 31.6 Å². The number of fused-ring (bicyclic) bond motifs is 1. The lowest BCUT2D eigenvalue weighted by Gasteiger charge is -2.29. The maximum Gasteiger partial charge on any atom is 0.0979 e. The van der Waals surface area contributed by atoms with Crippen LogP contribution in [0.2, 0.25) is 0 Å². The molecule has 1 N–H and O–H groups in total. The minimum absolute atomic E-state index is 0.224. The summed E-state index contributed by atoms with van der Waals surface area (Å²) in [5, 5.41) is 6.24. The largest absolute Gasteiger partial charge is 0.242 e. The molecule has 2 atom stereocenters. The van der Waals surface area contributed by atoms with Crippen molar-refractivity contribution < 1.29 is 4.21 Å². The van der Waals surface area contributed by atoms with Crippen LogP contribution in [0.15, 0.2) is 127 Å². The first kappa shape index (κ1) is 25.5. The number of benzene rings is 5. The predicted octanol–water partition coefficient (Wildman–Crippen LogP) is 6.74. The Morgan fingerprint density at radius 2 is 1.19 bits per heavy atom. The van der Waals surface area contributed by atoms with Gasteiger partial charge in [-0.2, -0.15) is 0 Å². The second kappa shape index (κ2) is 11.1. The SMILES string of the molecule is CC(C)(C)S(=O)N[C@H](c1ccc2ccccc2c1)c1ccccc1P(c1ccccc1)c1ccccc1. The van der Waals surface area contributed by atoms with E-state index in [2.05, 4.69) is 132 Å².